The van der Waals surface area contributed by atoms with E-state index in [4.69, 9.17) is 0 Å². The highest BCUT2D eigenvalue weighted by molar-refractivity contribution is 6.04. The van der Waals surface area contributed by atoms with Crippen molar-refractivity contribution in [2.24, 2.45) is 0 Å². The summed E-state index contributed by atoms with van der Waals surface area (Å²) < 4.78 is 40.0. The highest BCUT2D eigenvalue weighted by atomic mass is 19.4. The van der Waals surface area contributed by atoms with Crippen LogP contribution in [0.25, 0.3) is 10.8 Å². The molecule has 0 spiro atoms. The first-order valence-electron chi connectivity index (χ1n) is 8.80. The standard InChI is InChI=1S/C20H16F3N3O2/c21-20(22,23)16-8-4-1-5-12(16)11-26(13-9-10-13)19(28)17-14-6-2-3-7-15(14)18(27)25-24-17/h1-8,13H,9-11H2,(H,25,27). The molecule has 1 N–H and O–H groups in total. The van der Waals surface area contributed by atoms with Gasteiger partial charge in [0, 0.05) is 18.0 Å². The summed E-state index contributed by atoms with van der Waals surface area (Å²) in [6.07, 6.45) is -3.06. The largest absolute Gasteiger partial charge is 0.416 e. The van der Waals surface area contributed by atoms with E-state index in [2.05, 4.69) is 10.2 Å². The van der Waals surface area contributed by atoms with Crippen LogP contribution in [0.4, 0.5) is 13.2 Å². The summed E-state index contributed by atoms with van der Waals surface area (Å²) in [5.41, 5.74) is -1.11. The zero-order valence-corrected chi connectivity index (χ0v) is 14.7. The maximum Gasteiger partial charge on any atom is 0.416 e. The van der Waals surface area contributed by atoms with Gasteiger partial charge in [0.05, 0.1) is 10.9 Å². The third kappa shape index (κ3) is 3.37. The van der Waals surface area contributed by atoms with Gasteiger partial charge in [-0.3, -0.25) is 9.59 Å². The van der Waals surface area contributed by atoms with Crippen molar-refractivity contribution in [1.82, 2.24) is 15.1 Å². The van der Waals surface area contributed by atoms with Gasteiger partial charge in [0.25, 0.3) is 11.5 Å². The molecular weight excluding hydrogens is 371 g/mol. The first-order chi connectivity index (χ1) is 13.4. The average Bonchev–Trinajstić information content (AvgIpc) is 3.51. The van der Waals surface area contributed by atoms with E-state index < -0.39 is 23.2 Å². The maximum atomic E-state index is 13.3. The van der Waals surface area contributed by atoms with Crippen molar-refractivity contribution in [3.63, 3.8) is 0 Å². The number of carbonyl (C=O) groups is 1. The van der Waals surface area contributed by atoms with Gasteiger partial charge in [-0.25, -0.2) is 5.10 Å². The highest BCUT2D eigenvalue weighted by Gasteiger charge is 2.38. The van der Waals surface area contributed by atoms with Crippen molar-refractivity contribution >= 4 is 16.7 Å². The van der Waals surface area contributed by atoms with Crippen LogP contribution >= 0.6 is 0 Å². The van der Waals surface area contributed by atoms with Crippen molar-refractivity contribution in [2.75, 3.05) is 0 Å². The summed E-state index contributed by atoms with van der Waals surface area (Å²) in [6, 6.07) is 11.6. The first kappa shape index (κ1) is 18.2. The lowest BCUT2D eigenvalue weighted by Crippen LogP contribution is -2.34. The van der Waals surface area contributed by atoms with Crippen LogP contribution in [0.2, 0.25) is 0 Å². The van der Waals surface area contributed by atoms with E-state index in [1.165, 1.54) is 23.1 Å². The molecule has 1 fully saturated rings. The lowest BCUT2D eigenvalue weighted by Gasteiger charge is -2.24. The highest BCUT2D eigenvalue weighted by Crippen LogP contribution is 2.35. The van der Waals surface area contributed by atoms with E-state index >= 15 is 0 Å². The number of benzene rings is 2. The summed E-state index contributed by atoms with van der Waals surface area (Å²) >= 11 is 0. The van der Waals surface area contributed by atoms with Crippen molar-refractivity contribution in [3.8, 4) is 0 Å². The number of nitrogens with zero attached hydrogens (tertiary/aromatic N) is 2. The quantitative estimate of drug-likeness (QED) is 0.742. The van der Waals surface area contributed by atoms with E-state index in [0.29, 0.717) is 10.8 Å². The van der Waals surface area contributed by atoms with E-state index in [1.807, 2.05) is 0 Å². The van der Waals surface area contributed by atoms with Crippen molar-refractivity contribution in [2.45, 2.75) is 31.6 Å². The Bertz CT molecular complexity index is 1100. The molecule has 0 bridgehead atoms. The lowest BCUT2D eigenvalue weighted by molar-refractivity contribution is -0.138. The number of amides is 1. The summed E-state index contributed by atoms with van der Waals surface area (Å²) in [4.78, 5) is 26.5. The molecule has 5 nitrogen and oxygen atoms in total. The predicted octanol–water partition coefficient (Wildman–Crippen LogP) is 3.75. The topological polar surface area (TPSA) is 66.1 Å². The Morgan fingerprint density at radius 2 is 1.71 bits per heavy atom. The van der Waals surface area contributed by atoms with Crippen LogP contribution < -0.4 is 5.56 Å². The Kier molecular flexibility index (Phi) is 4.41. The van der Waals surface area contributed by atoms with E-state index in [1.54, 1.807) is 24.3 Å². The van der Waals surface area contributed by atoms with Crippen LogP contribution in [0.5, 0.6) is 0 Å². The summed E-state index contributed by atoms with van der Waals surface area (Å²) in [7, 11) is 0. The van der Waals surface area contributed by atoms with Crippen LogP contribution in [0.1, 0.15) is 34.5 Å². The molecule has 3 aromatic rings. The molecule has 1 amide bonds. The molecular formula is C20H16F3N3O2. The number of fused-ring (bicyclic) bond motifs is 1. The van der Waals surface area contributed by atoms with Crippen LogP contribution in [-0.2, 0) is 12.7 Å². The van der Waals surface area contributed by atoms with Crippen LogP contribution in [0.3, 0.4) is 0 Å². The third-order valence-electron chi connectivity index (χ3n) is 4.81. The molecule has 28 heavy (non-hydrogen) atoms. The zero-order chi connectivity index (χ0) is 19.9. The van der Waals surface area contributed by atoms with Gasteiger partial charge < -0.3 is 4.90 Å². The number of hydrogen-bond donors (Lipinski definition) is 1. The second-order valence-corrected chi connectivity index (χ2v) is 6.77. The number of nitrogens with one attached hydrogen (secondary N) is 1. The molecule has 1 saturated carbocycles. The fourth-order valence-electron chi connectivity index (χ4n) is 3.28. The molecule has 2 aromatic carbocycles. The summed E-state index contributed by atoms with van der Waals surface area (Å²) in [5.74, 6) is -0.494. The van der Waals surface area contributed by atoms with Crippen LogP contribution in [0, 0.1) is 0 Å². The van der Waals surface area contributed by atoms with Gasteiger partial charge in [-0.2, -0.15) is 18.3 Å². The summed E-state index contributed by atoms with van der Waals surface area (Å²) in [5, 5.41) is 6.90. The Hall–Kier alpha value is -3.16. The van der Waals surface area contributed by atoms with Crippen molar-refractivity contribution in [1.29, 1.82) is 0 Å². The minimum atomic E-state index is -4.50. The number of carbonyl (C=O) groups excluding carboxylic acids is 1. The van der Waals surface area contributed by atoms with E-state index in [9.17, 15) is 22.8 Å². The van der Waals surface area contributed by atoms with Gasteiger partial charge in [0.2, 0.25) is 0 Å². The molecule has 4 rings (SSSR count). The molecule has 0 unspecified atom stereocenters. The molecule has 1 aliphatic rings. The van der Waals surface area contributed by atoms with Crippen LogP contribution in [0.15, 0.2) is 53.3 Å². The van der Waals surface area contributed by atoms with Gasteiger partial charge in [-0.05, 0) is 30.5 Å². The van der Waals surface area contributed by atoms with Gasteiger partial charge in [-0.1, -0.05) is 36.4 Å². The van der Waals surface area contributed by atoms with Gasteiger partial charge in [0.15, 0.2) is 5.69 Å². The third-order valence-corrected chi connectivity index (χ3v) is 4.81. The molecule has 1 heterocycles. The fraction of sp³-hybridized carbons (Fsp3) is 0.250. The van der Waals surface area contributed by atoms with Gasteiger partial charge >= 0.3 is 6.18 Å². The monoisotopic (exact) mass is 387 g/mol. The minimum Gasteiger partial charge on any atom is -0.330 e. The Labute approximate surface area is 157 Å². The molecule has 0 radical (unpaired) electrons. The smallest absolute Gasteiger partial charge is 0.330 e. The molecule has 0 atom stereocenters. The number of H-pyrrole nitrogens is 1. The number of halogens is 3. The number of aromatic amines is 1. The molecule has 8 heteroatoms. The van der Waals surface area contributed by atoms with E-state index in [0.717, 1.165) is 18.9 Å². The number of rotatable bonds is 4. The normalized spacial score (nSPS) is 14.2. The zero-order valence-electron chi connectivity index (χ0n) is 14.7. The lowest BCUT2D eigenvalue weighted by atomic mass is 10.1. The van der Waals surface area contributed by atoms with Gasteiger partial charge in [-0.15, -0.1) is 0 Å². The predicted molar refractivity (Wildman–Crippen MR) is 96.7 cm³/mol. The van der Waals surface area contributed by atoms with E-state index in [-0.39, 0.29) is 23.8 Å². The second-order valence-electron chi connectivity index (χ2n) is 6.77. The Morgan fingerprint density at radius 3 is 2.39 bits per heavy atom. The number of alkyl halides is 3. The molecule has 1 aliphatic carbocycles. The first-order valence-corrected chi connectivity index (χ1v) is 8.80. The average molecular weight is 387 g/mol. The second kappa shape index (κ2) is 6.78. The molecule has 144 valence electrons. The SMILES string of the molecule is O=C(c1n[nH]c(=O)c2ccccc12)N(Cc1ccccc1C(F)(F)F)C1CC1. The maximum absolute atomic E-state index is 13.3. The Balaban J connectivity index is 1.74. The number of aromatic nitrogens is 2. The molecule has 0 saturated heterocycles. The van der Waals surface area contributed by atoms with Crippen molar-refractivity contribution in [3.05, 3.63) is 75.7 Å². The Morgan fingerprint density at radius 1 is 1.07 bits per heavy atom. The summed E-state index contributed by atoms with van der Waals surface area (Å²) in [6.45, 7) is -0.172. The minimum absolute atomic E-state index is 0.0315. The van der Waals surface area contributed by atoms with Gasteiger partial charge in [0.1, 0.15) is 0 Å². The van der Waals surface area contributed by atoms with Crippen molar-refractivity contribution < 1.29 is 18.0 Å². The number of hydrogen-bond acceptors (Lipinski definition) is 3. The molecule has 0 aliphatic heterocycles. The fourth-order valence-corrected chi connectivity index (χ4v) is 3.28. The van der Waals surface area contributed by atoms with Crippen LogP contribution in [-0.4, -0.2) is 27.0 Å². The molecule has 1 aromatic heterocycles.